The minimum absolute atomic E-state index is 0.0545. The van der Waals surface area contributed by atoms with Gasteiger partial charge in [0.2, 0.25) is 5.91 Å². The minimum Gasteiger partial charge on any atom is -0.402 e. The highest BCUT2D eigenvalue weighted by atomic mass is 16.5. The maximum Gasteiger partial charge on any atom is 0.257 e. The number of pyridine rings is 1. The van der Waals surface area contributed by atoms with Gasteiger partial charge in [-0.2, -0.15) is 0 Å². The van der Waals surface area contributed by atoms with E-state index in [0.717, 1.165) is 25.7 Å². The first-order valence-corrected chi connectivity index (χ1v) is 11.6. The third-order valence-corrected chi connectivity index (χ3v) is 6.81. The lowest BCUT2D eigenvalue weighted by Gasteiger charge is -2.37. The SMILES string of the molecule is CC(=N)C(=C(C)N)c1ccc(NC(=O)C(C)(NC(=O)c2conc2C)C(C2CC2)C2CC2)cn1. The van der Waals surface area contributed by atoms with Gasteiger partial charge in [-0.3, -0.25) is 14.6 Å². The summed E-state index contributed by atoms with van der Waals surface area (Å²) >= 11 is 0. The van der Waals surface area contributed by atoms with Gasteiger partial charge in [0, 0.05) is 17.0 Å². The van der Waals surface area contributed by atoms with Gasteiger partial charge in [0.05, 0.1) is 23.3 Å². The summed E-state index contributed by atoms with van der Waals surface area (Å²) in [5, 5.41) is 17.7. The topological polar surface area (TPSA) is 147 Å². The van der Waals surface area contributed by atoms with Crippen LogP contribution in [0.2, 0.25) is 0 Å². The van der Waals surface area contributed by atoms with Crippen molar-refractivity contribution >= 4 is 28.8 Å². The Balaban J connectivity index is 1.60. The molecule has 0 aliphatic heterocycles. The number of nitrogens with two attached hydrogens (primary N) is 1. The molecule has 1 atom stereocenters. The number of carbonyl (C=O) groups is 2. The molecule has 2 aliphatic carbocycles. The van der Waals surface area contributed by atoms with Crippen molar-refractivity contribution in [1.29, 1.82) is 5.41 Å². The molecule has 2 amide bonds. The zero-order valence-electron chi connectivity index (χ0n) is 20.1. The summed E-state index contributed by atoms with van der Waals surface area (Å²) in [5.41, 5.74) is 8.10. The molecule has 2 aromatic rings. The van der Waals surface area contributed by atoms with Gasteiger partial charge in [0.15, 0.2) is 0 Å². The van der Waals surface area contributed by atoms with E-state index >= 15 is 0 Å². The number of allylic oxidation sites excluding steroid dienone is 2. The van der Waals surface area contributed by atoms with Crippen molar-refractivity contribution in [1.82, 2.24) is 15.5 Å². The van der Waals surface area contributed by atoms with Crippen LogP contribution in [0.3, 0.4) is 0 Å². The molecule has 2 aliphatic rings. The summed E-state index contributed by atoms with van der Waals surface area (Å²) in [5.74, 6) is 0.249. The van der Waals surface area contributed by atoms with Crippen LogP contribution in [0.5, 0.6) is 0 Å². The van der Waals surface area contributed by atoms with E-state index in [1.807, 2.05) is 6.92 Å². The van der Waals surface area contributed by atoms with Crippen molar-refractivity contribution in [3.05, 3.63) is 47.2 Å². The molecule has 0 aromatic carbocycles. The van der Waals surface area contributed by atoms with Crippen molar-refractivity contribution in [2.75, 3.05) is 5.32 Å². The summed E-state index contributed by atoms with van der Waals surface area (Å²) in [4.78, 5) is 31.2. The molecular weight excluding hydrogens is 432 g/mol. The van der Waals surface area contributed by atoms with Crippen molar-refractivity contribution < 1.29 is 14.1 Å². The molecule has 0 saturated heterocycles. The molecule has 5 N–H and O–H groups in total. The number of carbonyl (C=O) groups excluding carboxylic acids is 2. The monoisotopic (exact) mass is 464 g/mol. The van der Waals surface area contributed by atoms with Gasteiger partial charge in [-0.05, 0) is 83.3 Å². The largest absolute Gasteiger partial charge is 0.402 e. The standard InChI is InChI=1S/C25H32N6O3/c1-13(26)21(14(2)27)20-10-9-18(11-28-20)29-24(33)25(4,22(16-5-6-16)17-7-8-17)30-23(32)19-12-34-31-15(19)3/h9-12,16-17,22,26H,5-8,27H2,1-4H3,(H,29,33)(H,30,32). The highest BCUT2D eigenvalue weighted by Crippen LogP contribution is 2.53. The number of aromatic nitrogens is 2. The van der Waals surface area contributed by atoms with Crippen LogP contribution < -0.4 is 16.4 Å². The van der Waals surface area contributed by atoms with Gasteiger partial charge in [-0.25, -0.2) is 0 Å². The molecule has 0 bridgehead atoms. The van der Waals surface area contributed by atoms with Crippen molar-refractivity contribution in [3.63, 3.8) is 0 Å². The Morgan fingerprint density at radius 2 is 1.85 bits per heavy atom. The summed E-state index contributed by atoms with van der Waals surface area (Å²) in [7, 11) is 0. The van der Waals surface area contributed by atoms with Gasteiger partial charge >= 0.3 is 0 Å². The van der Waals surface area contributed by atoms with Crippen LogP contribution in [0.4, 0.5) is 5.69 Å². The third kappa shape index (κ3) is 4.73. The van der Waals surface area contributed by atoms with Crippen LogP contribution in [-0.4, -0.2) is 33.2 Å². The quantitative estimate of drug-likeness (QED) is 0.416. The van der Waals surface area contributed by atoms with Crippen LogP contribution in [0, 0.1) is 30.1 Å². The number of nitrogens with one attached hydrogen (secondary N) is 3. The van der Waals surface area contributed by atoms with Crippen LogP contribution in [0.15, 0.2) is 34.8 Å². The highest BCUT2D eigenvalue weighted by Gasteiger charge is 2.55. The number of aryl methyl sites for hydroxylation is 1. The molecule has 2 saturated carbocycles. The van der Waals surface area contributed by atoms with Gasteiger partial charge in [-0.1, -0.05) is 5.16 Å². The smallest absolute Gasteiger partial charge is 0.257 e. The zero-order valence-corrected chi connectivity index (χ0v) is 20.1. The van der Waals surface area contributed by atoms with E-state index in [4.69, 9.17) is 15.7 Å². The fourth-order valence-electron chi connectivity index (χ4n) is 4.91. The molecule has 1 unspecified atom stereocenters. The molecule has 0 radical (unpaired) electrons. The maximum absolute atomic E-state index is 13.7. The first-order valence-electron chi connectivity index (χ1n) is 11.6. The molecule has 4 rings (SSSR count). The summed E-state index contributed by atoms with van der Waals surface area (Å²) < 4.78 is 4.93. The molecule has 2 aromatic heterocycles. The van der Waals surface area contributed by atoms with Crippen LogP contribution in [0.1, 0.15) is 68.2 Å². The van der Waals surface area contributed by atoms with Crippen molar-refractivity contribution in [2.24, 2.45) is 23.5 Å². The Kier molecular flexibility index (Phi) is 6.29. The maximum atomic E-state index is 13.7. The third-order valence-electron chi connectivity index (χ3n) is 6.81. The Hall–Kier alpha value is -3.49. The number of amides is 2. The zero-order chi connectivity index (χ0) is 24.6. The molecule has 9 nitrogen and oxygen atoms in total. The lowest BCUT2D eigenvalue weighted by molar-refractivity contribution is -0.124. The van der Waals surface area contributed by atoms with Gasteiger partial charge in [0.25, 0.3) is 5.91 Å². The van der Waals surface area contributed by atoms with Crippen LogP contribution in [-0.2, 0) is 4.79 Å². The second-order valence-electron chi connectivity index (χ2n) is 9.74. The second-order valence-corrected chi connectivity index (χ2v) is 9.74. The number of rotatable bonds is 9. The van der Waals surface area contributed by atoms with Crippen molar-refractivity contribution in [3.8, 4) is 0 Å². The van der Waals surface area contributed by atoms with Crippen LogP contribution >= 0.6 is 0 Å². The average molecular weight is 465 g/mol. The predicted molar refractivity (Wildman–Crippen MR) is 129 cm³/mol. The first kappa shape index (κ1) is 23.7. The van der Waals surface area contributed by atoms with Gasteiger partial charge in [-0.15, -0.1) is 0 Å². The first-order chi connectivity index (χ1) is 16.1. The Bertz CT molecular complexity index is 1130. The molecular formula is C25H32N6O3. The van der Waals surface area contributed by atoms with E-state index in [1.54, 1.807) is 39.1 Å². The number of hydrogen-bond donors (Lipinski definition) is 4. The number of nitrogens with zero attached hydrogens (tertiary/aromatic N) is 2. The minimum atomic E-state index is -1.10. The Morgan fingerprint density at radius 3 is 2.29 bits per heavy atom. The lowest BCUT2D eigenvalue weighted by atomic mass is 9.77. The molecule has 0 spiro atoms. The Morgan fingerprint density at radius 1 is 1.21 bits per heavy atom. The number of hydrogen-bond acceptors (Lipinski definition) is 7. The second kappa shape index (κ2) is 9.04. The Labute approximate surface area is 199 Å². The summed E-state index contributed by atoms with van der Waals surface area (Å²) in [6.45, 7) is 6.91. The summed E-state index contributed by atoms with van der Waals surface area (Å²) in [6.07, 6.45) is 7.13. The van der Waals surface area contributed by atoms with Gasteiger partial charge < -0.3 is 26.3 Å². The van der Waals surface area contributed by atoms with Crippen LogP contribution in [0.25, 0.3) is 5.57 Å². The van der Waals surface area contributed by atoms with Crippen molar-refractivity contribution in [2.45, 2.75) is 58.9 Å². The molecule has 34 heavy (non-hydrogen) atoms. The van der Waals surface area contributed by atoms with E-state index in [2.05, 4.69) is 20.8 Å². The van der Waals surface area contributed by atoms with E-state index < -0.39 is 5.54 Å². The predicted octanol–water partition coefficient (Wildman–Crippen LogP) is 3.67. The summed E-state index contributed by atoms with van der Waals surface area (Å²) in [6, 6.07) is 3.47. The van der Waals surface area contributed by atoms with Gasteiger partial charge in [0.1, 0.15) is 17.4 Å². The normalized spacial score (nSPS) is 18.1. The number of anilines is 1. The average Bonchev–Trinajstić information content (AvgIpc) is 3.70. The fourth-order valence-corrected chi connectivity index (χ4v) is 4.91. The fraction of sp³-hybridized carbons (Fsp3) is 0.480. The molecule has 180 valence electrons. The van der Waals surface area contributed by atoms with E-state index in [-0.39, 0.29) is 17.7 Å². The molecule has 2 heterocycles. The highest BCUT2D eigenvalue weighted by molar-refractivity contribution is 6.21. The molecule has 9 heteroatoms. The lowest BCUT2D eigenvalue weighted by Crippen LogP contribution is -2.60. The van der Waals surface area contributed by atoms with E-state index in [1.165, 1.54) is 6.26 Å². The van der Waals surface area contributed by atoms with E-state index in [9.17, 15) is 9.59 Å². The molecule has 2 fully saturated rings. The van der Waals surface area contributed by atoms with E-state index in [0.29, 0.717) is 51.5 Å².